The van der Waals surface area contributed by atoms with Crippen LogP contribution in [0.1, 0.15) is 32.6 Å². The van der Waals surface area contributed by atoms with Gasteiger partial charge in [0.25, 0.3) is 0 Å². The molecule has 1 aliphatic rings. The first-order valence-electron chi connectivity index (χ1n) is 4.98. The lowest BCUT2D eigenvalue weighted by atomic mass is 10.2. The summed E-state index contributed by atoms with van der Waals surface area (Å²) in [5, 5.41) is -0.0681. The van der Waals surface area contributed by atoms with Crippen molar-refractivity contribution in [2.24, 2.45) is 11.7 Å². The van der Waals surface area contributed by atoms with Gasteiger partial charge in [-0.2, -0.15) is 0 Å². The van der Waals surface area contributed by atoms with Crippen molar-refractivity contribution in [1.82, 2.24) is 0 Å². The zero-order valence-electron chi connectivity index (χ0n) is 8.20. The van der Waals surface area contributed by atoms with Gasteiger partial charge in [0.05, 0.1) is 11.0 Å². The van der Waals surface area contributed by atoms with Crippen LogP contribution in [0.3, 0.4) is 0 Å². The van der Waals surface area contributed by atoms with Crippen molar-refractivity contribution in [3.63, 3.8) is 0 Å². The second kappa shape index (κ2) is 4.42. The third-order valence-corrected chi connectivity index (χ3v) is 5.25. The molecule has 0 spiro atoms. The van der Waals surface area contributed by atoms with Crippen LogP contribution in [0, 0.1) is 5.92 Å². The van der Waals surface area contributed by atoms with E-state index in [1.165, 1.54) is 0 Å². The Morgan fingerprint density at radius 3 is 2.38 bits per heavy atom. The van der Waals surface area contributed by atoms with Crippen molar-refractivity contribution < 1.29 is 8.42 Å². The summed E-state index contributed by atoms with van der Waals surface area (Å²) < 4.78 is 23.5. The van der Waals surface area contributed by atoms with Crippen LogP contribution in [-0.4, -0.2) is 26.0 Å². The van der Waals surface area contributed by atoms with Gasteiger partial charge >= 0.3 is 0 Å². The maximum atomic E-state index is 11.7. The highest BCUT2D eigenvalue weighted by atomic mass is 32.2. The van der Waals surface area contributed by atoms with Gasteiger partial charge < -0.3 is 5.73 Å². The van der Waals surface area contributed by atoms with Gasteiger partial charge in [-0.25, -0.2) is 8.42 Å². The second-order valence-corrected chi connectivity index (χ2v) is 6.40. The average molecular weight is 205 g/mol. The van der Waals surface area contributed by atoms with Gasteiger partial charge in [0.1, 0.15) is 0 Å². The molecule has 4 heteroatoms. The number of sulfone groups is 1. The van der Waals surface area contributed by atoms with Crippen molar-refractivity contribution in [2.75, 3.05) is 12.3 Å². The van der Waals surface area contributed by atoms with Gasteiger partial charge in [-0.3, -0.25) is 0 Å². The van der Waals surface area contributed by atoms with Gasteiger partial charge in [-0.1, -0.05) is 19.8 Å². The van der Waals surface area contributed by atoms with Crippen LogP contribution in [0.15, 0.2) is 0 Å². The fourth-order valence-electron chi connectivity index (χ4n) is 1.85. The Morgan fingerprint density at radius 2 is 1.92 bits per heavy atom. The highest BCUT2D eigenvalue weighted by Gasteiger charge is 2.29. The Morgan fingerprint density at radius 1 is 1.38 bits per heavy atom. The van der Waals surface area contributed by atoms with Gasteiger partial charge in [0.15, 0.2) is 9.84 Å². The fraction of sp³-hybridized carbons (Fsp3) is 1.00. The van der Waals surface area contributed by atoms with Crippen LogP contribution in [-0.2, 0) is 9.84 Å². The molecule has 0 aliphatic heterocycles. The van der Waals surface area contributed by atoms with Gasteiger partial charge in [0, 0.05) is 0 Å². The van der Waals surface area contributed by atoms with Crippen LogP contribution in [0.25, 0.3) is 0 Å². The third-order valence-electron chi connectivity index (χ3n) is 2.73. The van der Waals surface area contributed by atoms with Crippen LogP contribution < -0.4 is 5.73 Å². The van der Waals surface area contributed by atoms with Crippen LogP contribution in [0.4, 0.5) is 0 Å². The predicted octanol–water partition coefficient (Wildman–Crippen LogP) is 0.939. The van der Waals surface area contributed by atoms with E-state index in [9.17, 15) is 8.42 Å². The molecule has 1 saturated carbocycles. The molecule has 3 nitrogen and oxygen atoms in total. The molecule has 0 aromatic heterocycles. The van der Waals surface area contributed by atoms with E-state index in [0.29, 0.717) is 6.54 Å². The maximum Gasteiger partial charge on any atom is 0.153 e. The minimum absolute atomic E-state index is 0.0681. The van der Waals surface area contributed by atoms with Gasteiger partial charge in [0.2, 0.25) is 0 Å². The van der Waals surface area contributed by atoms with E-state index in [-0.39, 0.29) is 16.9 Å². The smallest absolute Gasteiger partial charge is 0.153 e. The highest BCUT2D eigenvalue weighted by molar-refractivity contribution is 7.92. The molecule has 1 aliphatic carbocycles. The molecule has 0 heterocycles. The van der Waals surface area contributed by atoms with E-state index in [1.54, 1.807) is 0 Å². The number of hydrogen-bond donors (Lipinski definition) is 1. The number of rotatable bonds is 4. The minimum atomic E-state index is -2.85. The molecule has 1 atom stereocenters. The molecular formula is C9H19NO2S. The van der Waals surface area contributed by atoms with E-state index < -0.39 is 9.84 Å². The molecule has 1 unspecified atom stereocenters. The Hall–Kier alpha value is -0.0900. The van der Waals surface area contributed by atoms with Crippen LogP contribution in [0.5, 0.6) is 0 Å². The Balaban J connectivity index is 2.54. The molecule has 2 N–H and O–H groups in total. The van der Waals surface area contributed by atoms with Gasteiger partial charge in [-0.15, -0.1) is 0 Å². The maximum absolute atomic E-state index is 11.7. The molecule has 1 fully saturated rings. The summed E-state index contributed by atoms with van der Waals surface area (Å²) in [6.07, 6.45) is 3.86. The SMILES string of the molecule is CC(CN)CS(=O)(=O)C1CCCC1. The second-order valence-electron chi connectivity index (χ2n) is 4.08. The molecule has 0 aromatic rings. The van der Waals surface area contributed by atoms with E-state index in [2.05, 4.69) is 0 Å². The summed E-state index contributed by atoms with van der Waals surface area (Å²) in [7, 11) is -2.85. The lowest BCUT2D eigenvalue weighted by Gasteiger charge is -2.14. The number of nitrogens with two attached hydrogens (primary N) is 1. The van der Waals surface area contributed by atoms with Crippen molar-refractivity contribution in [2.45, 2.75) is 37.9 Å². The molecule has 1 rings (SSSR count). The summed E-state index contributed by atoms with van der Waals surface area (Å²) in [6.45, 7) is 2.36. The Bertz CT molecular complexity index is 242. The highest BCUT2D eigenvalue weighted by Crippen LogP contribution is 2.25. The largest absolute Gasteiger partial charge is 0.330 e. The summed E-state index contributed by atoms with van der Waals surface area (Å²) in [6, 6.07) is 0. The fourth-order valence-corrected chi connectivity index (χ4v) is 4.10. The molecular weight excluding hydrogens is 186 g/mol. The monoisotopic (exact) mass is 205 g/mol. The predicted molar refractivity (Wildman–Crippen MR) is 54.3 cm³/mol. The first-order chi connectivity index (χ1) is 6.06. The first-order valence-corrected chi connectivity index (χ1v) is 6.69. The quantitative estimate of drug-likeness (QED) is 0.743. The number of hydrogen-bond acceptors (Lipinski definition) is 3. The standard InChI is InChI=1S/C9H19NO2S/c1-8(6-10)7-13(11,12)9-4-2-3-5-9/h8-9H,2-7,10H2,1H3. The van der Waals surface area contributed by atoms with Crippen molar-refractivity contribution >= 4 is 9.84 Å². The lowest BCUT2D eigenvalue weighted by molar-refractivity contribution is 0.559. The van der Waals surface area contributed by atoms with Crippen LogP contribution >= 0.6 is 0 Å². The normalized spacial score (nSPS) is 22.0. The molecule has 78 valence electrons. The molecule has 0 saturated heterocycles. The summed E-state index contributed by atoms with van der Waals surface area (Å²) in [4.78, 5) is 0. The van der Waals surface area contributed by atoms with E-state index in [4.69, 9.17) is 5.73 Å². The van der Waals surface area contributed by atoms with E-state index in [1.807, 2.05) is 6.92 Å². The zero-order chi connectivity index (χ0) is 9.90. The third kappa shape index (κ3) is 2.95. The topological polar surface area (TPSA) is 60.2 Å². The van der Waals surface area contributed by atoms with Crippen molar-refractivity contribution in [1.29, 1.82) is 0 Å². The van der Waals surface area contributed by atoms with Crippen LogP contribution in [0.2, 0.25) is 0 Å². The van der Waals surface area contributed by atoms with E-state index >= 15 is 0 Å². The summed E-state index contributed by atoms with van der Waals surface area (Å²) in [5.41, 5.74) is 5.41. The van der Waals surface area contributed by atoms with Gasteiger partial charge in [-0.05, 0) is 25.3 Å². The van der Waals surface area contributed by atoms with E-state index in [0.717, 1.165) is 25.7 Å². The average Bonchev–Trinajstić information content (AvgIpc) is 2.55. The summed E-state index contributed by atoms with van der Waals surface area (Å²) in [5.74, 6) is 0.374. The summed E-state index contributed by atoms with van der Waals surface area (Å²) >= 11 is 0. The molecule has 13 heavy (non-hydrogen) atoms. The molecule has 0 radical (unpaired) electrons. The molecule has 0 bridgehead atoms. The van der Waals surface area contributed by atoms with Crippen molar-refractivity contribution in [3.05, 3.63) is 0 Å². The Kier molecular flexibility index (Phi) is 3.74. The first kappa shape index (κ1) is 11.0. The molecule has 0 amide bonds. The minimum Gasteiger partial charge on any atom is -0.330 e. The molecule has 0 aromatic carbocycles. The zero-order valence-corrected chi connectivity index (χ0v) is 9.02. The van der Waals surface area contributed by atoms with Crippen molar-refractivity contribution in [3.8, 4) is 0 Å². The Labute approximate surface area is 80.6 Å². The lowest BCUT2D eigenvalue weighted by Crippen LogP contribution is -2.27.